The number of amides is 2. The molecule has 1 fully saturated rings. The molecule has 0 atom stereocenters. The summed E-state index contributed by atoms with van der Waals surface area (Å²) in [6.07, 6.45) is 1.65. The molecule has 6 nitrogen and oxygen atoms in total. The average Bonchev–Trinajstić information content (AvgIpc) is 2.95. The molecule has 0 radical (unpaired) electrons. The summed E-state index contributed by atoms with van der Waals surface area (Å²) >= 11 is 6.65. The average molecular weight is 404 g/mol. The number of nitrogens with one attached hydrogen (secondary N) is 1. The minimum absolute atomic E-state index is 0.0883. The quantitative estimate of drug-likeness (QED) is 0.464. The maximum atomic E-state index is 12.2. The van der Waals surface area contributed by atoms with Crippen molar-refractivity contribution in [2.45, 2.75) is 6.42 Å². The van der Waals surface area contributed by atoms with E-state index in [1.807, 2.05) is 0 Å². The topological polar surface area (TPSA) is 81.7 Å². The van der Waals surface area contributed by atoms with Crippen LogP contribution in [0.3, 0.4) is 0 Å². The van der Waals surface area contributed by atoms with Crippen LogP contribution in [-0.2, 0) is 16.0 Å². The lowest BCUT2D eigenvalue weighted by Crippen LogP contribution is -2.17. The number of carbonyl (C=O) groups is 3. The number of hydrogen-bond acceptors (Lipinski definition) is 6. The molecule has 1 saturated heterocycles. The first-order valence-corrected chi connectivity index (χ1v) is 9.02. The molecular weight excluding hydrogens is 390 g/mol. The monoisotopic (exact) mass is 403 g/mol. The minimum atomic E-state index is -0.446. The van der Waals surface area contributed by atoms with Crippen LogP contribution < -0.4 is 14.8 Å². The molecule has 0 bridgehead atoms. The van der Waals surface area contributed by atoms with Crippen LogP contribution in [0.15, 0.2) is 47.4 Å². The first kappa shape index (κ1) is 19.0. The van der Waals surface area contributed by atoms with E-state index in [-0.39, 0.29) is 17.1 Å². The van der Waals surface area contributed by atoms with Crippen molar-refractivity contribution < 1.29 is 23.9 Å². The molecule has 2 amide bonds. The number of carbonyl (C=O) groups excluding carboxylic acids is 3. The fourth-order valence-electron chi connectivity index (χ4n) is 2.36. The van der Waals surface area contributed by atoms with Gasteiger partial charge in [0.15, 0.2) is 11.5 Å². The van der Waals surface area contributed by atoms with E-state index in [1.54, 1.807) is 48.5 Å². The van der Waals surface area contributed by atoms with Gasteiger partial charge in [-0.1, -0.05) is 29.8 Å². The SMILES string of the molecule is COc1cc(C=C2SC(=O)NC2=O)ccc1OC(=O)Cc1ccc(Cl)cc1. The van der Waals surface area contributed by atoms with E-state index in [4.69, 9.17) is 21.1 Å². The summed E-state index contributed by atoms with van der Waals surface area (Å²) < 4.78 is 10.6. The van der Waals surface area contributed by atoms with Crippen molar-refractivity contribution in [3.05, 3.63) is 63.5 Å². The van der Waals surface area contributed by atoms with Crippen LogP contribution in [0.2, 0.25) is 5.02 Å². The standard InChI is InChI=1S/C19H14ClNO5S/c1-25-15-8-12(9-16-18(23)21-19(24)27-16)4-7-14(15)26-17(22)10-11-2-5-13(20)6-3-11/h2-9H,10H2,1H3,(H,21,23,24). The molecule has 2 aromatic rings. The van der Waals surface area contributed by atoms with Crippen LogP contribution in [0.4, 0.5) is 4.79 Å². The van der Waals surface area contributed by atoms with Gasteiger partial charge in [-0.2, -0.15) is 0 Å². The zero-order valence-electron chi connectivity index (χ0n) is 14.2. The Labute approximate surface area is 164 Å². The lowest BCUT2D eigenvalue weighted by molar-refractivity contribution is -0.133. The summed E-state index contributed by atoms with van der Waals surface area (Å²) in [5.74, 6) is -0.290. The van der Waals surface area contributed by atoms with E-state index in [2.05, 4.69) is 5.32 Å². The summed E-state index contributed by atoms with van der Waals surface area (Å²) in [6.45, 7) is 0. The van der Waals surface area contributed by atoms with E-state index in [9.17, 15) is 14.4 Å². The van der Waals surface area contributed by atoms with Gasteiger partial charge in [-0.25, -0.2) is 0 Å². The van der Waals surface area contributed by atoms with Crippen LogP contribution in [0.25, 0.3) is 6.08 Å². The molecule has 2 aromatic carbocycles. The van der Waals surface area contributed by atoms with Crippen LogP contribution in [0, 0.1) is 0 Å². The number of hydrogen-bond donors (Lipinski definition) is 1. The molecule has 1 heterocycles. The van der Waals surface area contributed by atoms with Gasteiger partial charge >= 0.3 is 5.97 Å². The highest BCUT2D eigenvalue weighted by atomic mass is 35.5. The number of methoxy groups -OCH3 is 1. The van der Waals surface area contributed by atoms with Crippen LogP contribution >= 0.6 is 23.4 Å². The Bertz CT molecular complexity index is 940. The third-order valence-electron chi connectivity index (χ3n) is 3.61. The second-order valence-electron chi connectivity index (χ2n) is 5.54. The predicted molar refractivity (Wildman–Crippen MR) is 103 cm³/mol. The number of halogens is 1. The molecule has 1 N–H and O–H groups in total. The zero-order valence-corrected chi connectivity index (χ0v) is 15.7. The third kappa shape index (κ3) is 4.90. The molecule has 8 heteroatoms. The number of benzene rings is 2. The van der Waals surface area contributed by atoms with Crippen molar-refractivity contribution in [2.24, 2.45) is 0 Å². The first-order chi connectivity index (χ1) is 12.9. The number of thioether (sulfide) groups is 1. The molecule has 0 aliphatic carbocycles. The van der Waals surface area contributed by atoms with Gasteiger partial charge in [0, 0.05) is 5.02 Å². The lowest BCUT2D eigenvalue weighted by atomic mass is 10.1. The van der Waals surface area contributed by atoms with Gasteiger partial charge in [0.25, 0.3) is 11.1 Å². The maximum absolute atomic E-state index is 12.2. The Morgan fingerprint density at radius 3 is 2.52 bits per heavy atom. The number of esters is 1. The molecular formula is C19H14ClNO5S. The van der Waals surface area contributed by atoms with Gasteiger partial charge in [-0.3, -0.25) is 19.7 Å². The molecule has 1 aliphatic heterocycles. The Balaban J connectivity index is 1.73. The molecule has 0 saturated carbocycles. The van der Waals surface area contributed by atoms with Gasteiger partial charge in [-0.05, 0) is 53.2 Å². The fourth-order valence-corrected chi connectivity index (χ4v) is 3.17. The van der Waals surface area contributed by atoms with Crippen molar-refractivity contribution in [3.63, 3.8) is 0 Å². The van der Waals surface area contributed by atoms with Crippen molar-refractivity contribution in [1.29, 1.82) is 0 Å². The van der Waals surface area contributed by atoms with Gasteiger partial charge in [0.1, 0.15) is 0 Å². The highest BCUT2D eigenvalue weighted by molar-refractivity contribution is 8.18. The van der Waals surface area contributed by atoms with Gasteiger partial charge < -0.3 is 9.47 Å². The smallest absolute Gasteiger partial charge is 0.315 e. The van der Waals surface area contributed by atoms with E-state index in [0.29, 0.717) is 16.3 Å². The number of imide groups is 1. The minimum Gasteiger partial charge on any atom is -0.493 e. The predicted octanol–water partition coefficient (Wildman–Crippen LogP) is 3.82. The molecule has 3 rings (SSSR count). The maximum Gasteiger partial charge on any atom is 0.315 e. The number of ether oxygens (including phenoxy) is 2. The van der Waals surface area contributed by atoms with Crippen molar-refractivity contribution in [1.82, 2.24) is 5.32 Å². The van der Waals surface area contributed by atoms with Crippen molar-refractivity contribution >= 4 is 46.6 Å². The number of rotatable bonds is 5. The molecule has 0 spiro atoms. The summed E-state index contributed by atoms with van der Waals surface area (Å²) in [4.78, 5) is 35.3. The van der Waals surface area contributed by atoms with E-state index in [1.165, 1.54) is 7.11 Å². The van der Waals surface area contributed by atoms with Crippen LogP contribution in [-0.4, -0.2) is 24.2 Å². The molecule has 0 aromatic heterocycles. The largest absolute Gasteiger partial charge is 0.493 e. The lowest BCUT2D eigenvalue weighted by Gasteiger charge is -2.10. The molecule has 138 valence electrons. The Kier molecular flexibility index (Phi) is 5.83. The molecule has 0 unspecified atom stereocenters. The zero-order chi connectivity index (χ0) is 19.4. The second-order valence-corrected chi connectivity index (χ2v) is 6.99. The summed E-state index contributed by atoms with van der Waals surface area (Å²) in [5, 5.41) is 2.37. The molecule has 27 heavy (non-hydrogen) atoms. The third-order valence-corrected chi connectivity index (χ3v) is 4.68. The second kappa shape index (κ2) is 8.28. The Hall–Kier alpha value is -2.77. The summed E-state index contributed by atoms with van der Waals surface area (Å²) in [5.41, 5.74) is 1.41. The van der Waals surface area contributed by atoms with Gasteiger partial charge in [-0.15, -0.1) is 0 Å². The van der Waals surface area contributed by atoms with Crippen molar-refractivity contribution in [2.75, 3.05) is 7.11 Å². The van der Waals surface area contributed by atoms with Gasteiger partial charge in [0.05, 0.1) is 18.4 Å². The highest BCUT2D eigenvalue weighted by Gasteiger charge is 2.25. The van der Waals surface area contributed by atoms with E-state index < -0.39 is 17.1 Å². The van der Waals surface area contributed by atoms with Gasteiger partial charge in [0.2, 0.25) is 0 Å². The fraction of sp³-hybridized carbons (Fsp3) is 0.105. The first-order valence-electron chi connectivity index (χ1n) is 7.82. The molecule has 1 aliphatic rings. The highest BCUT2D eigenvalue weighted by Crippen LogP contribution is 2.31. The Morgan fingerprint density at radius 2 is 1.89 bits per heavy atom. The van der Waals surface area contributed by atoms with Crippen molar-refractivity contribution in [3.8, 4) is 11.5 Å². The summed E-state index contributed by atoms with van der Waals surface area (Å²) in [6, 6.07) is 11.8. The Morgan fingerprint density at radius 1 is 1.15 bits per heavy atom. The van der Waals surface area contributed by atoms with Crippen LogP contribution in [0.1, 0.15) is 11.1 Å². The van der Waals surface area contributed by atoms with E-state index >= 15 is 0 Å². The van der Waals surface area contributed by atoms with Crippen LogP contribution in [0.5, 0.6) is 11.5 Å². The normalized spacial score (nSPS) is 15.0. The summed E-state index contributed by atoms with van der Waals surface area (Å²) in [7, 11) is 1.45. The van der Waals surface area contributed by atoms with E-state index in [0.717, 1.165) is 17.3 Å².